The first-order valence-corrected chi connectivity index (χ1v) is 11.8. The van der Waals surface area contributed by atoms with Crippen molar-refractivity contribution in [3.63, 3.8) is 0 Å². The van der Waals surface area contributed by atoms with Crippen LogP contribution in [0, 0.1) is 0 Å². The zero-order valence-electron chi connectivity index (χ0n) is 17.9. The number of rotatable bonds is 8. The molecule has 8 heteroatoms. The monoisotopic (exact) mass is 423 g/mol. The van der Waals surface area contributed by atoms with Crippen molar-refractivity contribution in [1.82, 2.24) is 14.1 Å². The Hall–Kier alpha value is -1.93. The van der Waals surface area contributed by atoms with Gasteiger partial charge in [0, 0.05) is 51.3 Å². The second-order valence-corrected chi connectivity index (χ2v) is 9.67. The highest BCUT2D eigenvalue weighted by Crippen LogP contribution is 2.19. The van der Waals surface area contributed by atoms with Gasteiger partial charge in [0.2, 0.25) is 15.9 Å². The summed E-state index contributed by atoms with van der Waals surface area (Å²) in [6.45, 7) is 9.64. The molecule has 0 atom stereocenters. The van der Waals surface area contributed by atoms with Crippen molar-refractivity contribution in [3.8, 4) is 0 Å². The highest BCUT2D eigenvalue weighted by atomic mass is 32.2. The van der Waals surface area contributed by atoms with E-state index in [9.17, 15) is 18.0 Å². The van der Waals surface area contributed by atoms with Crippen LogP contribution in [0.15, 0.2) is 29.2 Å². The molecule has 2 rings (SSSR count). The normalized spacial score (nSPS) is 15.6. The quantitative estimate of drug-likeness (QED) is 0.602. The standard InChI is InChI=1S/C21H33N3O4S/c1-5-6-7-12-24(17(2)3)21(26)19-8-10-20(11-9-19)29(27,28)23-15-13-22(14-16-23)18(4)25/h8-11,17H,5-7,12-16H2,1-4H3. The third-order valence-electron chi connectivity index (χ3n) is 5.31. The van der Waals surface area contributed by atoms with E-state index in [2.05, 4.69) is 6.92 Å². The molecule has 0 aromatic heterocycles. The van der Waals surface area contributed by atoms with E-state index in [4.69, 9.17) is 0 Å². The molecule has 0 N–H and O–H groups in total. The molecular weight excluding hydrogens is 390 g/mol. The van der Waals surface area contributed by atoms with E-state index in [1.807, 2.05) is 18.7 Å². The van der Waals surface area contributed by atoms with Gasteiger partial charge in [0.15, 0.2) is 0 Å². The van der Waals surface area contributed by atoms with Crippen LogP contribution in [0.4, 0.5) is 0 Å². The number of piperazine rings is 1. The molecule has 0 aliphatic carbocycles. The second-order valence-electron chi connectivity index (χ2n) is 7.73. The summed E-state index contributed by atoms with van der Waals surface area (Å²) in [5, 5.41) is 0. The highest BCUT2D eigenvalue weighted by Gasteiger charge is 2.29. The Kier molecular flexibility index (Phi) is 8.22. The zero-order valence-corrected chi connectivity index (χ0v) is 18.7. The number of hydrogen-bond acceptors (Lipinski definition) is 4. The maximum absolute atomic E-state index is 12.9. The third-order valence-corrected chi connectivity index (χ3v) is 7.22. The summed E-state index contributed by atoms with van der Waals surface area (Å²) in [4.78, 5) is 28.0. The van der Waals surface area contributed by atoms with Gasteiger partial charge in [-0.3, -0.25) is 9.59 Å². The number of carbonyl (C=O) groups excluding carboxylic acids is 2. The molecule has 1 aliphatic rings. The maximum atomic E-state index is 12.9. The molecule has 1 fully saturated rings. The number of hydrogen-bond donors (Lipinski definition) is 0. The molecule has 7 nitrogen and oxygen atoms in total. The first-order valence-electron chi connectivity index (χ1n) is 10.3. The summed E-state index contributed by atoms with van der Waals surface area (Å²) >= 11 is 0. The van der Waals surface area contributed by atoms with Crippen molar-refractivity contribution >= 4 is 21.8 Å². The largest absolute Gasteiger partial charge is 0.340 e. The summed E-state index contributed by atoms with van der Waals surface area (Å²) in [7, 11) is -3.64. The van der Waals surface area contributed by atoms with E-state index in [0.29, 0.717) is 25.2 Å². The number of sulfonamides is 1. The molecule has 1 aromatic rings. The highest BCUT2D eigenvalue weighted by molar-refractivity contribution is 7.89. The minimum atomic E-state index is -3.64. The van der Waals surface area contributed by atoms with Crippen LogP contribution < -0.4 is 0 Å². The van der Waals surface area contributed by atoms with Gasteiger partial charge in [-0.1, -0.05) is 19.8 Å². The van der Waals surface area contributed by atoms with Crippen molar-refractivity contribution < 1.29 is 18.0 Å². The molecule has 0 radical (unpaired) electrons. The fourth-order valence-electron chi connectivity index (χ4n) is 3.45. The van der Waals surface area contributed by atoms with E-state index >= 15 is 0 Å². The van der Waals surface area contributed by atoms with Gasteiger partial charge in [-0.05, 0) is 44.5 Å². The summed E-state index contributed by atoms with van der Waals surface area (Å²) in [5.74, 6) is -0.117. The molecule has 1 heterocycles. The average molecular weight is 424 g/mol. The van der Waals surface area contributed by atoms with Crippen LogP contribution in [0.2, 0.25) is 0 Å². The molecule has 29 heavy (non-hydrogen) atoms. The Morgan fingerprint density at radius 1 is 1.03 bits per heavy atom. The van der Waals surface area contributed by atoms with Crippen LogP contribution >= 0.6 is 0 Å². The SMILES string of the molecule is CCCCCN(C(=O)c1ccc(S(=O)(=O)N2CCN(C(C)=O)CC2)cc1)C(C)C. The molecule has 1 aromatic carbocycles. The van der Waals surface area contributed by atoms with Crippen LogP contribution in [0.25, 0.3) is 0 Å². The lowest BCUT2D eigenvalue weighted by atomic mass is 10.1. The predicted molar refractivity (Wildman–Crippen MR) is 113 cm³/mol. The lowest BCUT2D eigenvalue weighted by Crippen LogP contribution is -2.49. The number of unbranched alkanes of at least 4 members (excludes halogenated alkanes) is 2. The molecule has 0 saturated carbocycles. The van der Waals surface area contributed by atoms with Gasteiger partial charge in [0.25, 0.3) is 5.91 Å². The third kappa shape index (κ3) is 5.79. The van der Waals surface area contributed by atoms with Crippen molar-refractivity contribution in [2.45, 2.75) is 57.9 Å². The Balaban J connectivity index is 2.10. The van der Waals surface area contributed by atoms with E-state index in [1.54, 1.807) is 17.0 Å². The van der Waals surface area contributed by atoms with Gasteiger partial charge in [-0.2, -0.15) is 4.31 Å². The first kappa shape index (κ1) is 23.3. The topological polar surface area (TPSA) is 78.0 Å². The van der Waals surface area contributed by atoms with Crippen LogP contribution in [0.5, 0.6) is 0 Å². The van der Waals surface area contributed by atoms with Gasteiger partial charge in [-0.25, -0.2) is 8.42 Å². The molecule has 0 unspecified atom stereocenters. The van der Waals surface area contributed by atoms with Crippen molar-refractivity contribution in [2.24, 2.45) is 0 Å². The van der Waals surface area contributed by atoms with Gasteiger partial charge in [0.05, 0.1) is 4.90 Å². The molecular formula is C21H33N3O4S. The fraction of sp³-hybridized carbons (Fsp3) is 0.619. The fourth-order valence-corrected chi connectivity index (χ4v) is 4.88. The van der Waals surface area contributed by atoms with Gasteiger partial charge >= 0.3 is 0 Å². The van der Waals surface area contributed by atoms with Crippen molar-refractivity contribution in [1.29, 1.82) is 0 Å². The van der Waals surface area contributed by atoms with Crippen LogP contribution in [-0.2, 0) is 14.8 Å². The summed E-state index contributed by atoms with van der Waals surface area (Å²) in [6, 6.07) is 6.28. The number of carbonyl (C=O) groups is 2. The van der Waals surface area contributed by atoms with Gasteiger partial charge < -0.3 is 9.80 Å². The molecule has 162 valence electrons. The summed E-state index contributed by atoms with van der Waals surface area (Å²) in [6.07, 6.45) is 3.12. The van der Waals surface area contributed by atoms with Crippen LogP contribution in [0.3, 0.4) is 0 Å². The van der Waals surface area contributed by atoms with Gasteiger partial charge in [-0.15, -0.1) is 0 Å². The lowest BCUT2D eigenvalue weighted by molar-refractivity contribution is -0.129. The second kappa shape index (κ2) is 10.2. The Morgan fingerprint density at radius 2 is 1.62 bits per heavy atom. The minimum Gasteiger partial charge on any atom is -0.340 e. The molecule has 1 aliphatic heterocycles. The number of amides is 2. The predicted octanol–water partition coefficient (Wildman–Crippen LogP) is 2.58. The van der Waals surface area contributed by atoms with E-state index < -0.39 is 10.0 Å². The Bertz CT molecular complexity index is 798. The molecule has 0 spiro atoms. The average Bonchev–Trinajstić information content (AvgIpc) is 2.70. The lowest BCUT2D eigenvalue weighted by Gasteiger charge is -2.33. The number of benzene rings is 1. The molecule has 0 bridgehead atoms. The molecule has 1 saturated heterocycles. The van der Waals surface area contributed by atoms with E-state index in [-0.39, 0.29) is 35.8 Å². The smallest absolute Gasteiger partial charge is 0.254 e. The summed E-state index contributed by atoms with van der Waals surface area (Å²) in [5.41, 5.74) is 0.496. The maximum Gasteiger partial charge on any atom is 0.254 e. The van der Waals surface area contributed by atoms with Crippen molar-refractivity contribution in [3.05, 3.63) is 29.8 Å². The van der Waals surface area contributed by atoms with Crippen LogP contribution in [0.1, 0.15) is 57.3 Å². The zero-order chi connectivity index (χ0) is 21.6. The Morgan fingerprint density at radius 3 is 2.10 bits per heavy atom. The van der Waals surface area contributed by atoms with Crippen LogP contribution in [-0.4, -0.2) is 73.1 Å². The number of nitrogens with zero attached hydrogens (tertiary/aromatic N) is 3. The van der Waals surface area contributed by atoms with Gasteiger partial charge in [0.1, 0.15) is 0 Å². The summed E-state index contributed by atoms with van der Waals surface area (Å²) < 4.78 is 27.2. The minimum absolute atomic E-state index is 0.0430. The van der Waals surface area contributed by atoms with E-state index in [0.717, 1.165) is 19.3 Å². The van der Waals surface area contributed by atoms with E-state index in [1.165, 1.54) is 23.4 Å². The Labute approximate surface area is 174 Å². The molecule has 2 amide bonds. The first-order chi connectivity index (χ1) is 13.7. The van der Waals surface area contributed by atoms with Crippen molar-refractivity contribution in [2.75, 3.05) is 32.7 Å².